The Kier molecular flexibility index (Phi) is 6.02. The lowest BCUT2D eigenvalue weighted by molar-refractivity contribution is 0.201. The van der Waals surface area contributed by atoms with Crippen molar-refractivity contribution >= 4 is 17.8 Å². The molecule has 0 bridgehead atoms. The number of likely N-dealkylation sites (tertiary alicyclic amines) is 1. The number of urea groups is 1. The summed E-state index contributed by atoms with van der Waals surface area (Å²) >= 11 is 2.04. The molecule has 5 heteroatoms. The highest BCUT2D eigenvalue weighted by Gasteiger charge is 2.30. The topological polar surface area (TPSA) is 35.6 Å². The van der Waals surface area contributed by atoms with Crippen molar-refractivity contribution in [2.24, 2.45) is 5.92 Å². The summed E-state index contributed by atoms with van der Waals surface area (Å²) in [6.07, 6.45) is 4.70. The van der Waals surface area contributed by atoms with E-state index in [0.29, 0.717) is 12.0 Å². The third-order valence-electron chi connectivity index (χ3n) is 4.31. The molecule has 0 radical (unpaired) electrons. The molecular weight excluding hydrogens is 270 g/mol. The molecule has 1 aliphatic carbocycles. The van der Waals surface area contributed by atoms with E-state index in [0.717, 1.165) is 44.1 Å². The zero-order chi connectivity index (χ0) is 14.5. The van der Waals surface area contributed by atoms with Gasteiger partial charge in [-0.25, -0.2) is 4.79 Å². The van der Waals surface area contributed by atoms with Crippen molar-refractivity contribution < 1.29 is 4.79 Å². The number of carbonyl (C=O) groups is 1. The minimum atomic E-state index is 0.165. The van der Waals surface area contributed by atoms with Gasteiger partial charge >= 0.3 is 6.03 Å². The van der Waals surface area contributed by atoms with Crippen molar-refractivity contribution in [2.45, 2.75) is 43.9 Å². The minimum Gasteiger partial charge on any atom is -0.335 e. The fourth-order valence-electron chi connectivity index (χ4n) is 3.41. The maximum atomic E-state index is 12.3. The molecule has 4 nitrogen and oxygen atoms in total. The molecule has 0 aromatic heterocycles. The van der Waals surface area contributed by atoms with Gasteiger partial charge in [0.15, 0.2) is 0 Å². The molecule has 1 aliphatic heterocycles. The summed E-state index contributed by atoms with van der Waals surface area (Å²) in [5.74, 6) is 1.83. The van der Waals surface area contributed by atoms with Crippen molar-refractivity contribution in [3.05, 3.63) is 0 Å². The van der Waals surface area contributed by atoms with Gasteiger partial charge in [-0.15, -0.1) is 0 Å². The number of hydrogen-bond acceptors (Lipinski definition) is 3. The van der Waals surface area contributed by atoms with Gasteiger partial charge < -0.3 is 15.1 Å². The van der Waals surface area contributed by atoms with Crippen LogP contribution in [0.4, 0.5) is 4.79 Å². The molecule has 0 unspecified atom stereocenters. The molecule has 1 saturated heterocycles. The molecule has 1 heterocycles. The second-order valence-corrected chi connectivity index (χ2v) is 7.98. The minimum absolute atomic E-state index is 0.165. The monoisotopic (exact) mass is 299 g/mol. The van der Waals surface area contributed by atoms with Crippen molar-refractivity contribution in [3.8, 4) is 0 Å². The Labute approximate surface area is 127 Å². The molecule has 3 atom stereocenters. The molecule has 2 aliphatic rings. The number of nitrogens with zero attached hydrogens (tertiary/aromatic N) is 2. The van der Waals surface area contributed by atoms with Gasteiger partial charge in [0.2, 0.25) is 0 Å². The van der Waals surface area contributed by atoms with Crippen LogP contribution in [-0.2, 0) is 0 Å². The Balaban J connectivity index is 1.71. The Morgan fingerprint density at radius 1 is 1.35 bits per heavy atom. The number of carbonyl (C=O) groups excluding carboxylic acids is 1. The quantitative estimate of drug-likeness (QED) is 0.846. The number of nitrogens with one attached hydrogen (secondary N) is 1. The van der Waals surface area contributed by atoms with Gasteiger partial charge in [-0.3, -0.25) is 0 Å². The Morgan fingerprint density at radius 2 is 2.15 bits per heavy atom. The molecule has 0 aromatic carbocycles. The summed E-state index contributed by atoms with van der Waals surface area (Å²) in [5, 5.41) is 4.00. The van der Waals surface area contributed by atoms with E-state index >= 15 is 0 Å². The van der Waals surface area contributed by atoms with E-state index in [-0.39, 0.29) is 6.03 Å². The van der Waals surface area contributed by atoms with E-state index < -0.39 is 0 Å². The summed E-state index contributed by atoms with van der Waals surface area (Å²) in [4.78, 5) is 16.5. The van der Waals surface area contributed by atoms with Gasteiger partial charge in [-0.1, -0.05) is 6.92 Å². The van der Waals surface area contributed by atoms with E-state index in [1.54, 1.807) is 0 Å². The zero-order valence-electron chi connectivity index (χ0n) is 13.1. The molecule has 0 spiro atoms. The lowest BCUT2D eigenvalue weighted by Crippen LogP contribution is -2.43. The van der Waals surface area contributed by atoms with Crippen LogP contribution in [0.25, 0.3) is 0 Å². The number of hydrogen-bond donors (Lipinski definition) is 1. The summed E-state index contributed by atoms with van der Waals surface area (Å²) in [6, 6.07) is 0.567. The largest absolute Gasteiger partial charge is 0.335 e. The predicted molar refractivity (Wildman–Crippen MR) is 86.3 cm³/mol. The third kappa shape index (κ3) is 4.55. The first kappa shape index (κ1) is 16.0. The molecule has 2 amide bonds. The SMILES string of the molecule is CCS[C@@H]1CC[C@@H](NC(=O)N2CC[C@H](CN(C)C)C2)C1. The van der Waals surface area contributed by atoms with E-state index in [1.165, 1.54) is 12.2 Å². The van der Waals surface area contributed by atoms with Crippen LogP contribution < -0.4 is 5.32 Å². The van der Waals surface area contributed by atoms with Crippen LogP contribution in [-0.4, -0.2) is 66.6 Å². The van der Waals surface area contributed by atoms with Crippen LogP contribution in [0, 0.1) is 5.92 Å². The normalized spacial score (nSPS) is 30.2. The smallest absolute Gasteiger partial charge is 0.317 e. The van der Waals surface area contributed by atoms with Gasteiger partial charge in [-0.2, -0.15) is 11.8 Å². The van der Waals surface area contributed by atoms with E-state index in [9.17, 15) is 4.79 Å². The average molecular weight is 299 g/mol. The first-order valence-corrected chi connectivity index (χ1v) is 8.95. The first-order valence-electron chi connectivity index (χ1n) is 7.90. The van der Waals surface area contributed by atoms with Crippen molar-refractivity contribution in [1.29, 1.82) is 0 Å². The Morgan fingerprint density at radius 3 is 2.85 bits per heavy atom. The van der Waals surface area contributed by atoms with Gasteiger partial charge in [0, 0.05) is 30.9 Å². The summed E-state index contributed by atoms with van der Waals surface area (Å²) in [6.45, 7) is 5.14. The Bertz CT molecular complexity index is 324. The lowest BCUT2D eigenvalue weighted by Gasteiger charge is -2.21. The molecule has 0 aromatic rings. The fourth-order valence-corrected chi connectivity index (χ4v) is 4.55. The van der Waals surface area contributed by atoms with Gasteiger partial charge in [0.05, 0.1) is 0 Å². The maximum Gasteiger partial charge on any atom is 0.317 e. The van der Waals surface area contributed by atoms with E-state index in [1.807, 2.05) is 16.7 Å². The second-order valence-electron chi connectivity index (χ2n) is 6.40. The van der Waals surface area contributed by atoms with Gasteiger partial charge in [0.25, 0.3) is 0 Å². The van der Waals surface area contributed by atoms with Crippen LogP contribution >= 0.6 is 11.8 Å². The lowest BCUT2D eigenvalue weighted by atomic mass is 10.1. The maximum absolute atomic E-state index is 12.3. The van der Waals surface area contributed by atoms with Crippen LogP contribution in [0.2, 0.25) is 0 Å². The Hall–Kier alpha value is -0.420. The molecule has 20 heavy (non-hydrogen) atoms. The van der Waals surface area contributed by atoms with Crippen molar-refractivity contribution in [3.63, 3.8) is 0 Å². The van der Waals surface area contributed by atoms with Crippen molar-refractivity contribution in [1.82, 2.24) is 15.1 Å². The highest BCUT2D eigenvalue weighted by molar-refractivity contribution is 7.99. The van der Waals surface area contributed by atoms with Crippen LogP contribution in [0.3, 0.4) is 0 Å². The summed E-state index contributed by atoms with van der Waals surface area (Å²) in [7, 11) is 4.21. The molecule has 2 fully saturated rings. The molecule has 116 valence electrons. The van der Waals surface area contributed by atoms with Gasteiger partial charge in [-0.05, 0) is 51.4 Å². The first-order chi connectivity index (χ1) is 9.58. The summed E-state index contributed by atoms with van der Waals surface area (Å²) in [5.41, 5.74) is 0. The standard InChI is InChI=1S/C15H29N3OS/c1-4-20-14-6-5-13(9-14)16-15(19)18-8-7-12(11-18)10-17(2)3/h12-14H,4-11H2,1-3H3,(H,16,19)/t12-,13-,14-/m1/s1. The fraction of sp³-hybridized carbons (Fsp3) is 0.933. The average Bonchev–Trinajstić information content (AvgIpc) is 2.99. The molecule has 1 saturated carbocycles. The molecular formula is C15H29N3OS. The van der Waals surface area contributed by atoms with Crippen LogP contribution in [0.5, 0.6) is 0 Å². The number of thioether (sulfide) groups is 1. The highest BCUT2D eigenvalue weighted by atomic mass is 32.2. The van der Waals surface area contributed by atoms with E-state index in [2.05, 4.69) is 31.2 Å². The van der Waals surface area contributed by atoms with Crippen LogP contribution in [0.1, 0.15) is 32.6 Å². The van der Waals surface area contributed by atoms with Crippen molar-refractivity contribution in [2.75, 3.05) is 39.5 Å². The third-order valence-corrected chi connectivity index (χ3v) is 5.54. The summed E-state index contributed by atoms with van der Waals surface area (Å²) < 4.78 is 0. The predicted octanol–water partition coefficient (Wildman–Crippen LogP) is 2.25. The van der Waals surface area contributed by atoms with Crippen LogP contribution in [0.15, 0.2) is 0 Å². The molecule has 2 rings (SSSR count). The number of amides is 2. The van der Waals surface area contributed by atoms with Gasteiger partial charge in [0.1, 0.15) is 0 Å². The second kappa shape index (κ2) is 7.55. The zero-order valence-corrected chi connectivity index (χ0v) is 13.9. The number of rotatable bonds is 5. The highest BCUT2D eigenvalue weighted by Crippen LogP contribution is 2.30. The molecule has 1 N–H and O–H groups in total. The van der Waals surface area contributed by atoms with E-state index in [4.69, 9.17) is 0 Å².